The number of hydrogen-bond acceptors (Lipinski definition) is 8. The van der Waals surface area contributed by atoms with Gasteiger partial charge in [0, 0.05) is 43.7 Å². The monoisotopic (exact) mass is 735 g/mol. The minimum atomic E-state index is -5.01. The van der Waals surface area contributed by atoms with Crippen LogP contribution in [0.3, 0.4) is 0 Å². The average Bonchev–Trinajstić information content (AvgIpc) is 3.69. The largest absolute Gasteiger partial charge is 0.461 e. The summed E-state index contributed by atoms with van der Waals surface area (Å²) in [6.07, 6.45) is -2.16. The maximum absolute atomic E-state index is 17.2. The van der Waals surface area contributed by atoms with Gasteiger partial charge in [-0.3, -0.25) is 9.80 Å². The Hall–Kier alpha value is -4.43. The fourth-order valence-electron chi connectivity index (χ4n) is 9.99. The number of nitrogens with two attached hydrogens (primary N) is 1. The zero-order valence-corrected chi connectivity index (χ0v) is 29.2. The Morgan fingerprint density at radius 3 is 2.58 bits per heavy atom. The van der Waals surface area contributed by atoms with Gasteiger partial charge in [0.05, 0.1) is 33.8 Å². The summed E-state index contributed by atoms with van der Waals surface area (Å²) in [7, 11) is 0. The number of ether oxygens (including phenoxy) is 1. The number of fused-ring (bicyclic) bond motifs is 6. The number of pyridine rings is 1. The van der Waals surface area contributed by atoms with E-state index in [0.717, 1.165) is 37.4 Å². The number of nitrogen functional groups attached to an aromatic ring is 1. The lowest BCUT2D eigenvalue weighted by atomic mass is 9.90. The van der Waals surface area contributed by atoms with Crippen molar-refractivity contribution < 1.29 is 31.1 Å². The maximum atomic E-state index is 17.2. The van der Waals surface area contributed by atoms with Gasteiger partial charge in [-0.2, -0.15) is 23.1 Å². The Kier molecular flexibility index (Phi) is 7.97. The molecular formula is C39H39F6N7O. The van der Waals surface area contributed by atoms with E-state index < -0.39 is 51.9 Å². The first kappa shape index (κ1) is 34.3. The van der Waals surface area contributed by atoms with Crippen molar-refractivity contribution in [3.63, 3.8) is 0 Å². The van der Waals surface area contributed by atoms with E-state index in [2.05, 4.69) is 43.4 Å². The average molecular weight is 736 g/mol. The Balaban J connectivity index is 1.23. The Morgan fingerprint density at radius 1 is 1.02 bits per heavy atom. The molecule has 0 amide bonds. The predicted molar refractivity (Wildman–Crippen MR) is 189 cm³/mol. The molecule has 53 heavy (non-hydrogen) atoms. The second kappa shape index (κ2) is 12.3. The molecule has 14 heteroatoms. The van der Waals surface area contributed by atoms with Crippen molar-refractivity contribution in [3.8, 4) is 17.3 Å². The van der Waals surface area contributed by atoms with E-state index in [4.69, 9.17) is 15.5 Å². The van der Waals surface area contributed by atoms with Crippen LogP contribution in [0.4, 0.5) is 38.0 Å². The van der Waals surface area contributed by atoms with Crippen molar-refractivity contribution in [2.75, 3.05) is 36.9 Å². The maximum Gasteiger partial charge on any atom is 0.418 e. The zero-order chi connectivity index (χ0) is 37.0. The van der Waals surface area contributed by atoms with Crippen LogP contribution in [0.2, 0.25) is 0 Å². The van der Waals surface area contributed by atoms with E-state index in [9.17, 15) is 17.6 Å². The molecule has 9 rings (SSSR count). The van der Waals surface area contributed by atoms with Gasteiger partial charge in [-0.25, -0.2) is 18.2 Å². The number of piperazine rings is 1. The zero-order valence-electron chi connectivity index (χ0n) is 29.2. The standard InChI is InChI=1S/C39H39F6N7O/c1-20-13-26-25-10-9-24(51(25)16-22-7-4-3-5-8-22)18-52(26)36-29-28(20)32(41)30(34-31(39(43,44)45)21(2)14-27(46)47-34)33(42)35(29)48-37(49-36)53-19-38-11-6-12-50(38)17-23(40)15-38/h3-5,7-8,14,23-26H,1,6,9-13,15-19H2,2H3,(H2,46,47)/t23-,24-,25+,26-,38+/m1/s1. The van der Waals surface area contributed by atoms with Crippen LogP contribution in [0.1, 0.15) is 60.8 Å². The number of hydrogen-bond donors (Lipinski definition) is 1. The summed E-state index contributed by atoms with van der Waals surface area (Å²) in [6, 6.07) is 10.8. The van der Waals surface area contributed by atoms with Crippen molar-refractivity contribution in [2.45, 2.75) is 88.0 Å². The smallest absolute Gasteiger partial charge is 0.418 e. The molecule has 4 aromatic rings. The normalized spacial score (nSPS) is 27.0. The van der Waals surface area contributed by atoms with Crippen LogP contribution in [-0.4, -0.2) is 80.8 Å². The van der Waals surface area contributed by atoms with E-state index >= 15 is 8.78 Å². The molecule has 5 atom stereocenters. The Bertz CT molecular complexity index is 2150. The molecule has 2 bridgehead atoms. The topological polar surface area (TPSA) is 83.6 Å². The van der Waals surface area contributed by atoms with Crippen molar-refractivity contribution >= 4 is 28.1 Å². The van der Waals surface area contributed by atoms with Crippen molar-refractivity contribution in [2.24, 2.45) is 0 Å². The number of halogens is 6. The first-order chi connectivity index (χ1) is 25.3. The summed E-state index contributed by atoms with van der Waals surface area (Å²) in [4.78, 5) is 19.8. The van der Waals surface area contributed by atoms with Gasteiger partial charge < -0.3 is 15.4 Å². The molecule has 0 unspecified atom stereocenters. The molecule has 0 aliphatic carbocycles. The van der Waals surface area contributed by atoms with Gasteiger partial charge in [0.2, 0.25) is 0 Å². The fraction of sp³-hybridized carbons (Fsp3) is 0.462. The molecule has 2 N–H and O–H groups in total. The second-order valence-electron chi connectivity index (χ2n) is 15.4. The number of anilines is 2. The van der Waals surface area contributed by atoms with Gasteiger partial charge in [0.15, 0.2) is 5.82 Å². The number of alkyl halides is 4. The lowest BCUT2D eigenvalue weighted by Gasteiger charge is -2.47. The highest BCUT2D eigenvalue weighted by Gasteiger charge is 2.51. The van der Waals surface area contributed by atoms with E-state index in [1.54, 1.807) is 0 Å². The number of nitrogens with zero attached hydrogens (tertiary/aromatic N) is 6. The summed E-state index contributed by atoms with van der Waals surface area (Å²) in [5.74, 6) is -2.64. The van der Waals surface area contributed by atoms with E-state index in [1.807, 2.05) is 18.2 Å². The van der Waals surface area contributed by atoms with Gasteiger partial charge in [0.25, 0.3) is 0 Å². The first-order valence-electron chi connectivity index (χ1n) is 18.2. The molecule has 4 saturated heterocycles. The summed E-state index contributed by atoms with van der Waals surface area (Å²) in [5.41, 5.74) is 2.65. The van der Waals surface area contributed by atoms with Crippen LogP contribution >= 0.6 is 0 Å². The summed E-state index contributed by atoms with van der Waals surface area (Å²) < 4.78 is 99.0. The van der Waals surface area contributed by atoms with Crippen LogP contribution in [0.5, 0.6) is 6.01 Å². The van der Waals surface area contributed by atoms with E-state index in [-0.39, 0.29) is 71.7 Å². The lowest BCUT2D eigenvalue weighted by molar-refractivity contribution is -0.137. The van der Waals surface area contributed by atoms with Crippen LogP contribution in [0.25, 0.3) is 27.7 Å². The minimum absolute atomic E-state index is 0.00256. The number of aromatic nitrogens is 3. The molecular weight excluding hydrogens is 696 g/mol. The van der Waals surface area contributed by atoms with E-state index in [1.165, 1.54) is 6.92 Å². The Morgan fingerprint density at radius 2 is 1.81 bits per heavy atom. The van der Waals surface area contributed by atoms with Gasteiger partial charge >= 0.3 is 12.2 Å². The second-order valence-corrected chi connectivity index (χ2v) is 15.4. The van der Waals surface area contributed by atoms with Crippen LogP contribution in [0, 0.1) is 18.6 Å². The highest BCUT2D eigenvalue weighted by molar-refractivity contribution is 6.04. The molecule has 5 aliphatic rings. The third-order valence-electron chi connectivity index (χ3n) is 12.2. The highest BCUT2D eigenvalue weighted by atomic mass is 19.4. The quantitative estimate of drug-likeness (QED) is 0.204. The third-order valence-corrected chi connectivity index (χ3v) is 12.2. The SMILES string of the molecule is C=C1C[C@@H]2[C@@H]3CC[C@H](CN2c2nc(OC[C@@]45CCCN4C[C@H](F)C5)nc4c(F)c(-c5nc(N)cc(C)c5C(F)(F)F)c(F)c1c24)N3Cc1ccccc1. The summed E-state index contributed by atoms with van der Waals surface area (Å²) in [6.45, 7) is 7.69. The molecule has 7 heterocycles. The van der Waals surface area contributed by atoms with Crippen LogP contribution < -0.4 is 15.4 Å². The van der Waals surface area contributed by atoms with Gasteiger partial charge in [-0.1, -0.05) is 36.9 Å². The summed E-state index contributed by atoms with van der Waals surface area (Å²) >= 11 is 0. The molecule has 0 saturated carbocycles. The number of aryl methyl sites for hydroxylation is 1. The molecule has 278 valence electrons. The molecule has 5 aliphatic heterocycles. The van der Waals surface area contributed by atoms with Crippen molar-refractivity contribution in [3.05, 3.63) is 76.9 Å². The fourth-order valence-corrected chi connectivity index (χ4v) is 9.99. The summed E-state index contributed by atoms with van der Waals surface area (Å²) in [5, 5.41) is 0.0269. The number of benzene rings is 2. The van der Waals surface area contributed by atoms with Crippen molar-refractivity contribution in [1.82, 2.24) is 24.8 Å². The highest BCUT2D eigenvalue weighted by Crippen LogP contribution is 2.51. The van der Waals surface area contributed by atoms with Gasteiger partial charge in [0.1, 0.15) is 35.7 Å². The lowest BCUT2D eigenvalue weighted by Crippen LogP contribution is -2.59. The molecule has 0 radical (unpaired) electrons. The predicted octanol–water partition coefficient (Wildman–Crippen LogP) is 7.47. The molecule has 8 nitrogen and oxygen atoms in total. The van der Waals surface area contributed by atoms with Gasteiger partial charge in [-0.15, -0.1) is 0 Å². The van der Waals surface area contributed by atoms with E-state index in [0.29, 0.717) is 31.6 Å². The van der Waals surface area contributed by atoms with Crippen molar-refractivity contribution in [1.29, 1.82) is 0 Å². The molecule has 0 spiro atoms. The van der Waals surface area contributed by atoms with Crippen LogP contribution in [0.15, 0.2) is 43.0 Å². The Labute approximate surface area is 302 Å². The first-order valence-corrected chi connectivity index (χ1v) is 18.2. The minimum Gasteiger partial charge on any atom is -0.461 e. The molecule has 2 aromatic heterocycles. The third kappa shape index (κ3) is 5.45. The molecule has 2 aromatic carbocycles. The molecule has 4 fully saturated rings. The van der Waals surface area contributed by atoms with Crippen LogP contribution in [-0.2, 0) is 12.7 Å². The van der Waals surface area contributed by atoms with Gasteiger partial charge in [-0.05, 0) is 68.3 Å². The number of rotatable bonds is 6.